The Hall–Kier alpha value is -2.39. The Morgan fingerprint density at radius 2 is 1.57 bits per heavy atom. The molecule has 23 heavy (non-hydrogen) atoms. The summed E-state index contributed by atoms with van der Waals surface area (Å²) in [6.07, 6.45) is 0. The quantitative estimate of drug-likeness (QED) is 0.421. The molecule has 3 heteroatoms. The van der Waals surface area contributed by atoms with Crippen LogP contribution in [0.15, 0.2) is 75.6 Å². The summed E-state index contributed by atoms with van der Waals surface area (Å²) in [4.78, 5) is 4.66. The van der Waals surface area contributed by atoms with Gasteiger partial charge in [-0.3, -0.25) is 0 Å². The van der Waals surface area contributed by atoms with E-state index in [9.17, 15) is 0 Å². The number of aromatic nitrogens is 1. The summed E-state index contributed by atoms with van der Waals surface area (Å²) >= 11 is 3.61. The van der Waals surface area contributed by atoms with E-state index in [1.807, 2.05) is 30.3 Å². The van der Waals surface area contributed by atoms with Crippen molar-refractivity contribution in [3.05, 3.63) is 76.8 Å². The number of hydrogen-bond acceptors (Lipinski definition) is 2. The molecule has 0 N–H and O–H groups in total. The molecule has 0 fully saturated rings. The van der Waals surface area contributed by atoms with Gasteiger partial charge >= 0.3 is 0 Å². The van der Waals surface area contributed by atoms with E-state index in [0.717, 1.165) is 32.3 Å². The number of oxazole rings is 1. The van der Waals surface area contributed by atoms with Gasteiger partial charge in [0.25, 0.3) is 0 Å². The highest BCUT2D eigenvalue weighted by atomic mass is 79.9. The lowest BCUT2D eigenvalue weighted by atomic mass is 10.1. The van der Waals surface area contributed by atoms with Gasteiger partial charge in [-0.2, -0.15) is 0 Å². The van der Waals surface area contributed by atoms with Gasteiger partial charge in [-0.05, 0) is 58.2 Å². The fraction of sp³-hybridized carbons (Fsp3) is 0.0500. The molecular formula is C20H14BrNO. The second kappa shape index (κ2) is 5.67. The molecule has 2 nitrogen and oxygen atoms in total. The largest absolute Gasteiger partial charge is 0.435 e. The normalized spacial score (nSPS) is 11.0. The zero-order chi connectivity index (χ0) is 15.8. The van der Waals surface area contributed by atoms with E-state index in [1.54, 1.807) is 0 Å². The van der Waals surface area contributed by atoms with Crippen molar-refractivity contribution >= 4 is 27.0 Å². The smallest absolute Gasteiger partial charge is 0.227 e. The lowest BCUT2D eigenvalue weighted by molar-refractivity contribution is 0.618. The number of fused-ring (bicyclic) bond motifs is 1. The van der Waals surface area contributed by atoms with Crippen molar-refractivity contribution in [3.63, 3.8) is 0 Å². The van der Waals surface area contributed by atoms with Gasteiger partial charge in [0.1, 0.15) is 5.52 Å². The minimum absolute atomic E-state index is 0.644. The Morgan fingerprint density at radius 1 is 0.826 bits per heavy atom. The van der Waals surface area contributed by atoms with Gasteiger partial charge in [0.2, 0.25) is 5.89 Å². The van der Waals surface area contributed by atoms with E-state index < -0.39 is 0 Å². The van der Waals surface area contributed by atoms with Crippen molar-refractivity contribution in [2.24, 2.45) is 0 Å². The highest BCUT2D eigenvalue weighted by Gasteiger charge is 2.12. The van der Waals surface area contributed by atoms with E-state index in [2.05, 4.69) is 64.2 Å². The summed E-state index contributed by atoms with van der Waals surface area (Å²) in [5.41, 5.74) is 6.12. The van der Waals surface area contributed by atoms with E-state index in [0.29, 0.717) is 5.89 Å². The molecule has 4 aromatic rings. The molecule has 0 aliphatic rings. The van der Waals surface area contributed by atoms with Crippen LogP contribution >= 0.6 is 15.9 Å². The second-order valence-electron chi connectivity index (χ2n) is 5.56. The molecule has 0 bridgehead atoms. The summed E-state index contributed by atoms with van der Waals surface area (Å²) in [6, 6.07) is 22.6. The Labute approximate surface area is 142 Å². The first kappa shape index (κ1) is 14.2. The molecule has 0 spiro atoms. The van der Waals surface area contributed by atoms with Gasteiger partial charge in [0, 0.05) is 5.56 Å². The van der Waals surface area contributed by atoms with Crippen LogP contribution in [0.5, 0.6) is 0 Å². The molecule has 0 unspecified atom stereocenters. The predicted molar refractivity (Wildman–Crippen MR) is 97.3 cm³/mol. The molecule has 0 aliphatic heterocycles. The maximum absolute atomic E-state index is 5.96. The molecule has 4 rings (SSSR count). The first-order chi connectivity index (χ1) is 11.2. The van der Waals surface area contributed by atoms with Crippen LogP contribution in [0.3, 0.4) is 0 Å². The van der Waals surface area contributed by atoms with Gasteiger partial charge < -0.3 is 4.42 Å². The van der Waals surface area contributed by atoms with Crippen LogP contribution < -0.4 is 0 Å². The van der Waals surface area contributed by atoms with E-state index in [4.69, 9.17) is 4.42 Å². The lowest BCUT2D eigenvalue weighted by Gasteiger charge is -2.02. The number of rotatable bonds is 2. The van der Waals surface area contributed by atoms with Crippen LogP contribution in [0.4, 0.5) is 0 Å². The lowest BCUT2D eigenvalue weighted by Crippen LogP contribution is -1.79. The minimum Gasteiger partial charge on any atom is -0.435 e. The highest BCUT2D eigenvalue weighted by Crippen LogP contribution is 2.33. The fourth-order valence-corrected chi connectivity index (χ4v) is 3.14. The van der Waals surface area contributed by atoms with E-state index in [-0.39, 0.29) is 0 Å². The average molecular weight is 364 g/mol. The van der Waals surface area contributed by atoms with Crippen molar-refractivity contribution in [3.8, 4) is 22.6 Å². The Morgan fingerprint density at radius 3 is 2.30 bits per heavy atom. The molecule has 3 aromatic carbocycles. The molecule has 0 aliphatic carbocycles. The van der Waals surface area contributed by atoms with Gasteiger partial charge in [-0.1, -0.05) is 48.0 Å². The number of halogens is 1. The van der Waals surface area contributed by atoms with Gasteiger partial charge in [-0.25, -0.2) is 4.98 Å². The van der Waals surface area contributed by atoms with Crippen LogP contribution in [-0.2, 0) is 0 Å². The zero-order valence-corrected chi connectivity index (χ0v) is 14.2. The number of nitrogens with zero attached hydrogens (tertiary/aromatic N) is 1. The Balaban J connectivity index is 1.85. The van der Waals surface area contributed by atoms with Gasteiger partial charge in [0.15, 0.2) is 5.58 Å². The molecule has 112 valence electrons. The number of benzene rings is 3. The predicted octanol–water partition coefficient (Wildman–Crippen LogP) is 6.23. The molecule has 1 aromatic heterocycles. The zero-order valence-electron chi connectivity index (χ0n) is 12.6. The second-order valence-corrected chi connectivity index (χ2v) is 6.41. The van der Waals surface area contributed by atoms with Crippen LogP contribution in [-0.4, -0.2) is 4.98 Å². The van der Waals surface area contributed by atoms with Gasteiger partial charge in [-0.15, -0.1) is 0 Å². The fourth-order valence-electron chi connectivity index (χ4n) is 2.61. The average Bonchev–Trinajstić information content (AvgIpc) is 3.01. The molecule has 0 atom stereocenters. The standard InChI is InChI=1S/C20H14BrNO/c1-13-7-9-15(10-8-13)20-22-18-12-16(11-17(21)19(18)23-20)14-5-3-2-4-6-14/h2-12H,1H3. The Kier molecular flexibility index (Phi) is 3.50. The highest BCUT2D eigenvalue weighted by molar-refractivity contribution is 9.10. The third kappa shape index (κ3) is 2.68. The summed E-state index contributed by atoms with van der Waals surface area (Å²) in [6.45, 7) is 2.07. The molecule has 0 saturated carbocycles. The van der Waals surface area contributed by atoms with Crippen molar-refractivity contribution in [2.75, 3.05) is 0 Å². The van der Waals surface area contributed by atoms with Crippen molar-refractivity contribution in [1.29, 1.82) is 0 Å². The monoisotopic (exact) mass is 363 g/mol. The van der Waals surface area contributed by atoms with Crippen molar-refractivity contribution in [2.45, 2.75) is 6.92 Å². The summed E-state index contributed by atoms with van der Waals surface area (Å²) < 4.78 is 6.87. The van der Waals surface area contributed by atoms with Crippen molar-refractivity contribution in [1.82, 2.24) is 4.98 Å². The van der Waals surface area contributed by atoms with Crippen molar-refractivity contribution < 1.29 is 4.42 Å². The summed E-state index contributed by atoms with van der Waals surface area (Å²) in [7, 11) is 0. The molecule has 0 saturated heterocycles. The summed E-state index contributed by atoms with van der Waals surface area (Å²) in [5.74, 6) is 0.644. The SMILES string of the molecule is Cc1ccc(-c2nc3cc(-c4ccccc4)cc(Br)c3o2)cc1. The Bertz CT molecular complexity index is 972. The van der Waals surface area contributed by atoms with E-state index in [1.165, 1.54) is 5.56 Å². The maximum Gasteiger partial charge on any atom is 0.227 e. The minimum atomic E-state index is 0.644. The topological polar surface area (TPSA) is 26.0 Å². The van der Waals surface area contributed by atoms with Gasteiger partial charge in [0.05, 0.1) is 4.47 Å². The molecule has 0 amide bonds. The van der Waals surface area contributed by atoms with E-state index >= 15 is 0 Å². The maximum atomic E-state index is 5.96. The molecule has 1 heterocycles. The van der Waals surface area contributed by atoms with Crippen LogP contribution in [0.2, 0.25) is 0 Å². The third-order valence-corrected chi connectivity index (χ3v) is 4.44. The van der Waals surface area contributed by atoms with Crippen LogP contribution in [0, 0.1) is 6.92 Å². The molecule has 0 radical (unpaired) electrons. The number of hydrogen-bond donors (Lipinski definition) is 0. The number of aryl methyl sites for hydroxylation is 1. The third-order valence-electron chi connectivity index (χ3n) is 3.85. The molecular weight excluding hydrogens is 350 g/mol. The van der Waals surface area contributed by atoms with Crippen LogP contribution in [0.25, 0.3) is 33.7 Å². The first-order valence-electron chi connectivity index (χ1n) is 7.43. The summed E-state index contributed by atoms with van der Waals surface area (Å²) in [5, 5.41) is 0. The first-order valence-corrected chi connectivity index (χ1v) is 8.22. The van der Waals surface area contributed by atoms with Crippen LogP contribution in [0.1, 0.15) is 5.56 Å².